The van der Waals surface area contributed by atoms with Gasteiger partial charge in [0.1, 0.15) is 6.10 Å². The number of hydrogen-bond donors (Lipinski definition) is 0. The second-order valence-corrected chi connectivity index (χ2v) is 4.91. The van der Waals surface area contributed by atoms with Crippen LogP contribution in [0.1, 0.15) is 40.0 Å². The van der Waals surface area contributed by atoms with Gasteiger partial charge < -0.3 is 4.74 Å². The Hall–Kier alpha value is -0.970. The maximum atomic E-state index is 11.1. The van der Waals surface area contributed by atoms with E-state index in [-0.39, 0.29) is 6.10 Å². The van der Waals surface area contributed by atoms with Gasteiger partial charge in [0.2, 0.25) is 0 Å². The van der Waals surface area contributed by atoms with E-state index in [1.807, 2.05) is 5.92 Å². The van der Waals surface area contributed by atoms with Gasteiger partial charge in [0, 0.05) is 5.92 Å². The molecule has 0 heterocycles. The fourth-order valence-electron chi connectivity index (χ4n) is 2.42. The fraction of sp³-hybridized carbons (Fsp3) is 0.769. The van der Waals surface area contributed by atoms with Crippen LogP contribution in [0.3, 0.4) is 0 Å². The molecule has 2 heteroatoms. The second kappa shape index (κ2) is 5.21. The molecule has 3 atom stereocenters. The molecule has 0 aliphatic heterocycles. The van der Waals surface area contributed by atoms with Crippen molar-refractivity contribution in [3.05, 3.63) is 0 Å². The number of carbonyl (C=O) groups is 1. The summed E-state index contributed by atoms with van der Waals surface area (Å²) >= 11 is 0. The molecular formula is C13H20O2. The topological polar surface area (TPSA) is 26.3 Å². The van der Waals surface area contributed by atoms with Crippen LogP contribution in [0.5, 0.6) is 0 Å². The molecule has 0 aromatic rings. The van der Waals surface area contributed by atoms with Crippen molar-refractivity contribution in [2.45, 2.75) is 46.1 Å². The Morgan fingerprint density at radius 1 is 1.47 bits per heavy atom. The van der Waals surface area contributed by atoms with Gasteiger partial charge in [-0.15, -0.1) is 6.42 Å². The van der Waals surface area contributed by atoms with E-state index < -0.39 is 5.97 Å². The zero-order valence-electron chi connectivity index (χ0n) is 9.82. The van der Waals surface area contributed by atoms with Gasteiger partial charge in [0.25, 0.3) is 0 Å². The molecule has 84 valence electrons. The molecule has 1 aliphatic rings. The summed E-state index contributed by atoms with van der Waals surface area (Å²) in [6.45, 7) is 6.56. The van der Waals surface area contributed by atoms with Crippen LogP contribution >= 0.6 is 0 Å². The summed E-state index contributed by atoms with van der Waals surface area (Å²) in [5.74, 6) is 3.17. The monoisotopic (exact) mass is 208 g/mol. The number of hydrogen-bond acceptors (Lipinski definition) is 2. The Labute approximate surface area is 92.4 Å². The van der Waals surface area contributed by atoms with Crippen LogP contribution in [-0.2, 0) is 9.53 Å². The highest BCUT2D eigenvalue weighted by Gasteiger charge is 2.32. The normalized spacial score (nSPS) is 31.0. The minimum Gasteiger partial charge on any atom is -0.452 e. The van der Waals surface area contributed by atoms with Gasteiger partial charge in [-0.2, -0.15) is 0 Å². The quantitative estimate of drug-likeness (QED) is 0.396. The number of terminal acetylenes is 1. The lowest BCUT2D eigenvalue weighted by molar-refractivity contribution is -0.148. The van der Waals surface area contributed by atoms with Crippen molar-refractivity contribution in [3.63, 3.8) is 0 Å². The van der Waals surface area contributed by atoms with Crippen molar-refractivity contribution in [3.8, 4) is 12.3 Å². The Morgan fingerprint density at radius 2 is 2.13 bits per heavy atom. The van der Waals surface area contributed by atoms with E-state index in [1.165, 1.54) is 6.42 Å². The first-order valence-corrected chi connectivity index (χ1v) is 5.71. The number of ether oxygens (including phenoxy) is 1. The maximum absolute atomic E-state index is 11.1. The lowest BCUT2D eigenvalue weighted by Gasteiger charge is -2.36. The highest BCUT2D eigenvalue weighted by atomic mass is 16.5. The van der Waals surface area contributed by atoms with Crippen LogP contribution in [0, 0.1) is 30.1 Å². The first kappa shape index (κ1) is 12.1. The third-order valence-electron chi connectivity index (χ3n) is 3.34. The summed E-state index contributed by atoms with van der Waals surface area (Å²) in [5.41, 5.74) is 0. The van der Waals surface area contributed by atoms with Gasteiger partial charge in [0.15, 0.2) is 0 Å². The molecule has 0 aromatic carbocycles. The predicted octanol–water partition coefficient (Wildman–Crippen LogP) is 2.62. The van der Waals surface area contributed by atoms with Gasteiger partial charge >= 0.3 is 5.97 Å². The van der Waals surface area contributed by atoms with Gasteiger partial charge in [0.05, 0.1) is 0 Å². The van der Waals surface area contributed by atoms with Gasteiger partial charge in [-0.05, 0) is 30.6 Å². The molecule has 0 N–H and O–H groups in total. The third kappa shape index (κ3) is 3.27. The zero-order valence-corrected chi connectivity index (χ0v) is 9.82. The Kier molecular flexibility index (Phi) is 4.20. The second-order valence-electron chi connectivity index (χ2n) is 4.91. The van der Waals surface area contributed by atoms with Gasteiger partial charge in [-0.25, -0.2) is 4.79 Å². The number of carbonyl (C=O) groups excluding carboxylic acids is 1. The van der Waals surface area contributed by atoms with Crippen molar-refractivity contribution >= 4 is 5.97 Å². The molecule has 0 saturated heterocycles. The Bertz CT molecular complexity index is 262. The first-order chi connectivity index (χ1) is 7.04. The molecule has 0 radical (unpaired) electrons. The van der Waals surface area contributed by atoms with Gasteiger partial charge in [-0.1, -0.05) is 27.2 Å². The van der Waals surface area contributed by atoms with Crippen LogP contribution in [0.2, 0.25) is 0 Å². The molecule has 1 saturated carbocycles. The smallest absolute Gasteiger partial charge is 0.384 e. The average Bonchev–Trinajstić information content (AvgIpc) is 2.17. The zero-order chi connectivity index (χ0) is 11.4. The summed E-state index contributed by atoms with van der Waals surface area (Å²) in [6, 6.07) is 0. The van der Waals surface area contributed by atoms with E-state index in [1.54, 1.807) is 0 Å². The molecule has 1 rings (SSSR count). The fourth-order valence-corrected chi connectivity index (χ4v) is 2.42. The van der Waals surface area contributed by atoms with Gasteiger partial charge in [-0.3, -0.25) is 0 Å². The first-order valence-electron chi connectivity index (χ1n) is 5.71. The van der Waals surface area contributed by atoms with Crippen LogP contribution in [0.4, 0.5) is 0 Å². The third-order valence-corrected chi connectivity index (χ3v) is 3.34. The minimum atomic E-state index is -0.514. The highest BCUT2D eigenvalue weighted by molar-refractivity contribution is 5.87. The van der Waals surface area contributed by atoms with Crippen LogP contribution in [-0.4, -0.2) is 12.1 Å². The molecule has 15 heavy (non-hydrogen) atoms. The van der Waals surface area contributed by atoms with E-state index in [2.05, 4.69) is 20.8 Å². The summed E-state index contributed by atoms with van der Waals surface area (Å²) in [6.07, 6.45) is 8.37. The van der Waals surface area contributed by atoms with Crippen LogP contribution in [0.25, 0.3) is 0 Å². The lowest BCUT2D eigenvalue weighted by Crippen LogP contribution is -2.35. The summed E-state index contributed by atoms with van der Waals surface area (Å²) in [5, 5.41) is 0. The predicted molar refractivity (Wildman–Crippen MR) is 60.1 cm³/mol. The molecule has 0 bridgehead atoms. The van der Waals surface area contributed by atoms with Crippen molar-refractivity contribution in [1.82, 2.24) is 0 Å². The summed E-state index contributed by atoms with van der Waals surface area (Å²) in [4.78, 5) is 11.1. The van der Waals surface area contributed by atoms with Crippen molar-refractivity contribution in [2.24, 2.45) is 17.8 Å². The standard InChI is InChI=1S/C13H20O2/c1-5-13(14)15-12-8-10(4)6-7-11(12)9(2)3/h1,9-12H,6-8H2,2-4H3. The molecular weight excluding hydrogens is 188 g/mol. The van der Waals surface area contributed by atoms with E-state index in [4.69, 9.17) is 11.2 Å². The molecule has 1 aliphatic carbocycles. The van der Waals surface area contributed by atoms with Crippen molar-refractivity contribution < 1.29 is 9.53 Å². The van der Waals surface area contributed by atoms with E-state index in [0.717, 1.165) is 12.8 Å². The SMILES string of the molecule is C#CC(=O)OC1CC(C)CCC1C(C)C. The molecule has 0 aromatic heterocycles. The largest absolute Gasteiger partial charge is 0.452 e. The van der Waals surface area contributed by atoms with Crippen molar-refractivity contribution in [2.75, 3.05) is 0 Å². The highest BCUT2D eigenvalue weighted by Crippen LogP contribution is 2.35. The molecule has 1 fully saturated rings. The molecule has 0 amide bonds. The molecule has 3 unspecified atom stereocenters. The summed E-state index contributed by atoms with van der Waals surface area (Å²) in [7, 11) is 0. The molecule has 2 nitrogen and oxygen atoms in total. The van der Waals surface area contributed by atoms with E-state index in [0.29, 0.717) is 17.8 Å². The molecule has 0 spiro atoms. The Balaban J connectivity index is 2.62. The Morgan fingerprint density at radius 3 is 2.67 bits per heavy atom. The van der Waals surface area contributed by atoms with E-state index >= 15 is 0 Å². The maximum Gasteiger partial charge on any atom is 0.384 e. The number of esters is 1. The minimum absolute atomic E-state index is 0.0253. The van der Waals surface area contributed by atoms with Crippen LogP contribution < -0.4 is 0 Å². The average molecular weight is 208 g/mol. The van der Waals surface area contributed by atoms with Crippen molar-refractivity contribution in [1.29, 1.82) is 0 Å². The van der Waals surface area contributed by atoms with E-state index in [9.17, 15) is 4.79 Å². The lowest BCUT2D eigenvalue weighted by atomic mass is 9.75. The number of rotatable bonds is 2. The summed E-state index contributed by atoms with van der Waals surface area (Å²) < 4.78 is 5.31. The van der Waals surface area contributed by atoms with Crippen LogP contribution in [0.15, 0.2) is 0 Å².